The number of imide groups is 1. The first-order valence-electron chi connectivity index (χ1n) is 7.83. The monoisotopic (exact) mass is 406 g/mol. The lowest BCUT2D eigenvalue weighted by Crippen LogP contribution is -3.11. The molecule has 0 aliphatic carbocycles. The van der Waals surface area contributed by atoms with Crippen LogP contribution < -0.4 is 20.7 Å². The van der Waals surface area contributed by atoms with Crippen LogP contribution in [0.2, 0.25) is 0 Å². The molecule has 2 rings (SSSR count). The largest absolute Gasteiger partial charge is 0.488 e. The SMILES string of the molecule is C[NH+](CCOc1ccc(Br)cc1)[C@@H](C(=O)NC(N)=O)c1ccccc1. The van der Waals surface area contributed by atoms with Gasteiger partial charge < -0.3 is 15.4 Å². The maximum atomic E-state index is 12.4. The van der Waals surface area contributed by atoms with Crippen LogP contribution in [-0.2, 0) is 4.79 Å². The van der Waals surface area contributed by atoms with E-state index in [4.69, 9.17) is 10.5 Å². The van der Waals surface area contributed by atoms with Gasteiger partial charge in [0.2, 0.25) is 0 Å². The second-order valence-electron chi connectivity index (χ2n) is 5.60. The highest BCUT2D eigenvalue weighted by Gasteiger charge is 2.29. The molecule has 0 bridgehead atoms. The number of halogens is 1. The molecule has 7 heteroatoms. The molecule has 2 aromatic carbocycles. The van der Waals surface area contributed by atoms with Crippen molar-refractivity contribution in [3.63, 3.8) is 0 Å². The number of nitrogens with two attached hydrogens (primary N) is 1. The van der Waals surface area contributed by atoms with E-state index in [-0.39, 0.29) is 0 Å². The van der Waals surface area contributed by atoms with E-state index in [9.17, 15) is 9.59 Å². The Morgan fingerprint density at radius 1 is 1.16 bits per heavy atom. The van der Waals surface area contributed by atoms with E-state index in [2.05, 4.69) is 21.2 Å². The number of urea groups is 1. The van der Waals surface area contributed by atoms with Gasteiger partial charge in [-0.1, -0.05) is 46.3 Å². The molecule has 0 fully saturated rings. The normalized spacial score (nSPS) is 12.9. The smallest absolute Gasteiger partial charge is 0.319 e. The Morgan fingerprint density at radius 2 is 1.80 bits per heavy atom. The fraction of sp³-hybridized carbons (Fsp3) is 0.222. The molecular weight excluding hydrogens is 386 g/mol. The number of nitrogens with one attached hydrogen (secondary N) is 2. The Kier molecular flexibility index (Phi) is 6.97. The quantitative estimate of drug-likeness (QED) is 0.647. The lowest BCUT2D eigenvalue weighted by molar-refractivity contribution is -0.902. The molecule has 0 heterocycles. The second-order valence-corrected chi connectivity index (χ2v) is 6.51. The summed E-state index contributed by atoms with van der Waals surface area (Å²) in [5.74, 6) is 0.327. The molecule has 0 radical (unpaired) electrons. The molecule has 0 saturated heterocycles. The summed E-state index contributed by atoms with van der Waals surface area (Å²) in [5, 5.41) is 2.17. The van der Waals surface area contributed by atoms with E-state index in [1.807, 2.05) is 61.6 Å². The minimum absolute atomic E-state index is 0.431. The zero-order valence-electron chi connectivity index (χ0n) is 13.9. The van der Waals surface area contributed by atoms with Gasteiger partial charge in [0.15, 0.2) is 6.04 Å². The van der Waals surface area contributed by atoms with Gasteiger partial charge in [-0.25, -0.2) is 4.79 Å². The van der Waals surface area contributed by atoms with Crippen LogP contribution in [0.1, 0.15) is 11.6 Å². The molecule has 1 unspecified atom stereocenters. The Bertz CT molecular complexity index is 707. The van der Waals surface area contributed by atoms with Crippen LogP contribution in [0.25, 0.3) is 0 Å². The molecule has 0 aliphatic rings. The molecule has 25 heavy (non-hydrogen) atoms. The second kappa shape index (κ2) is 9.19. The fourth-order valence-electron chi connectivity index (χ4n) is 2.50. The van der Waals surface area contributed by atoms with E-state index < -0.39 is 18.0 Å². The van der Waals surface area contributed by atoms with Gasteiger partial charge in [-0.15, -0.1) is 0 Å². The Morgan fingerprint density at radius 3 is 2.40 bits per heavy atom. The van der Waals surface area contributed by atoms with Crippen molar-refractivity contribution in [2.24, 2.45) is 5.73 Å². The molecule has 0 spiro atoms. The van der Waals surface area contributed by atoms with E-state index in [1.54, 1.807) is 0 Å². The number of carbonyl (C=O) groups excluding carboxylic acids is 2. The highest BCUT2D eigenvalue weighted by Crippen LogP contribution is 2.15. The number of quaternary nitrogens is 1. The first-order chi connectivity index (χ1) is 12.0. The van der Waals surface area contributed by atoms with Crippen LogP contribution in [0.3, 0.4) is 0 Å². The number of hydrogen-bond donors (Lipinski definition) is 3. The maximum Gasteiger partial charge on any atom is 0.319 e. The van der Waals surface area contributed by atoms with Crippen molar-refractivity contribution in [3.8, 4) is 5.75 Å². The van der Waals surface area contributed by atoms with Crippen LogP contribution >= 0.6 is 15.9 Å². The molecule has 3 amide bonds. The molecule has 4 N–H and O–H groups in total. The van der Waals surface area contributed by atoms with Crippen LogP contribution in [0, 0.1) is 0 Å². The van der Waals surface area contributed by atoms with Gasteiger partial charge in [0, 0.05) is 10.0 Å². The summed E-state index contributed by atoms with van der Waals surface area (Å²) < 4.78 is 6.69. The first-order valence-corrected chi connectivity index (χ1v) is 8.62. The maximum absolute atomic E-state index is 12.4. The topological polar surface area (TPSA) is 85.9 Å². The van der Waals surface area contributed by atoms with Crippen molar-refractivity contribution in [3.05, 3.63) is 64.6 Å². The van der Waals surface area contributed by atoms with Gasteiger partial charge in [-0.05, 0) is 24.3 Å². The van der Waals surface area contributed by atoms with E-state index in [1.165, 1.54) is 0 Å². The lowest BCUT2D eigenvalue weighted by atomic mass is 10.0. The van der Waals surface area contributed by atoms with E-state index in [0.29, 0.717) is 13.2 Å². The number of benzene rings is 2. The molecule has 2 aromatic rings. The number of hydrogen-bond acceptors (Lipinski definition) is 3. The third-order valence-electron chi connectivity index (χ3n) is 3.71. The van der Waals surface area contributed by atoms with Gasteiger partial charge in [0.05, 0.1) is 7.05 Å². The summed E-state index contributed by atoms with van der Waals surface area (Å²) in [6.07, 6.45) is 0. The fourth-order valence-corrected chi connectivity index (χ4v) is 2.77. The molecule has 0 aliphatic heterocycles. The van der Waals surface area contributed by atoms with Crippen LogP contribution in [-0.4, -0.2) is 32.1 Å². The number of carbonyl (C=O) groups is 2. The van der Waals surface area contributed by atoms with Crippen molar-refractivity contribution in [2.75, 3.05) is 20.2 Å². The number of primary amides is 1. The molecular formula is C18H21BrN3O3+. The Labute approximate surface area is 155 Å². The number of rotatable bonds is 7. The zero-order valence-corrected chi connectivity index (χ0v) is 15.5. The van der Waals surface area contributed by atoms with Crippen LogP contribution in [0.5, 0.6) is 5.75 Å². The van der Waals surface area contributed by atoms with Gasteiger partial charge in [0.25, 0.3) is 5.91 Å². The molecule has 0 aromatic heterocycles. The third kappa shape index (κ3) is 5.88. The Balaban J connectivity index is 2.01. The highest BCUT2D eigenvalue weighted by atomic mass is 79.9. The summed E-state index contributed by atoms with van der Waals surface area (Å²) in [6.45, 7) is 1.00. The minimum Gasteiger partial charge on any atom is -0.488 e. The summed E-state index contributed by atoms with van der Waals surface area (Å²) in [6, 6.07) is 15.4. The van der Waals surface area contributed by atoms with Crippen molar-refractivity contribution in [1.29, 1.82) is 0 Å². The number of amides is 3. The first kappa shape index (κ1) is 19.0. The zero-order chi connectivity index (χ0) is 18.2. The van der Waals surface area contributed by atoms with E-state index >= 15 is 0 Å². The Hall–Kier alpha value is -2.38. The standard InChI is InChI=1S/C18H20BrN3O3/c1-22(11-12-25-15-9-7-14(19)8-10-15)16(17(23)21-18(20)24)13-5-3-2-4-6-13/h2-10,16H,11-12H2,1H3,(H3,20,21,23,24)/p+1/t16-/m1/s1. The summed E-state index contributed by atoms with van der Waals surface area (Å²) in [4.78, 5) is 24.3. The average molecular weight is 407 g/mol. The van der Waals surface area contributed by atoms with Crippen molar-refractivity contribution >= 4 is 27.9 Å². The van der Waals surface area contributed by atoms with Gasteiger partial charge >= 0.3 is 6.03 Å². The van der Waals surface area contributed by atoms with E-state index in [0.717, 1.165) is 20.7 Å². The summed E-state index contributed by atoms with van der Waals surface area (Å²) in [5.41, 5.74) is 5.90. The molecule has 0 saturated carbocycles. The van der Waals surface area contributed by atoms with Crippen molar-refractivity contribution in [1.82, 2.24) is 5.32 Å². The predicted molar refractivity (Wildman–Crippen MR) is 98.3 cm³/mol. The molecule has 6 nitrogen and oxygen atoms in total. The summed E-state index contributed by atoms with van der Waals surface area (Å²) in [7, 11) is 1.88. The van der Waals surface area contributed by atoms with Crippen LogP contribution in [0.15, 0.2) is 59.1 Å². The number of likely N-dealkylation sites (N-methyl/N-ethyl adjacent to an activating group) is 1. The predicted octanol–water partition coefficient (Wildman–Crippen LogP) is 1.28. The molecule has 132 valence electrons. The van der Waals surface area contributed by atoms with Gasteiger partial charge in [-0.3, -0.25) is 10.1 Å². The number of ether oxygens (including phenoxy) is 1. The van der Waals surface area contributed by atoms with Crippen molar-refractivity contribution < 1.29 is 19.2 Å². The lowest BCUT2D eigenvalue weighted by Gasteiger charge is -2.24. The average Bonchev–Trinajstić information content (AvgIpc) is 2.57. The molecule has 2 atom stereocenters. The third-order valence-corrected chi connectivity index (χ3v) is 4.24. The van der Waals surface area contributed by atoms with Crippen LogP contribution in [0.4, 0.5) is 4.79 Å². The van der Waals surface area contributed by atoms with Gasteiger partial charge in [-0.2, -0.15) is 0 Å². The summed E-state index contributed by atoms with van der Waals surface area (Å²) >= 11 is 3.38. The minimum atomic E-state index is -0.857. The highest BCUT2D eigenvalue weighted by molar-refractivity contribution is 9.10. The van der Waals surface area contributed by atoms with Gasteiger partial charge in [0.1, 0.15) is 18.9 Å². The van der Waals surface area contributed by atoms with Crippen molar-refractivity contribution in [2.45, 2.75) is 6.04 Å².